The molecule has 5 nitrogen and oxygen atoms in total. The fourth-order valence-corrected chi connectivity index (χ4v) is 2.88. The molecule has 0 fully saturated rings. The predicted octanol–water partition coefficient (Wildman–Crippen LogP) is 1.64. The third-order valence-electron chi connectivity index (χ3n) is 2.85. The summed E-state index contributed by atoms with van der Waals surface area (Å²) in [6, 6.07) is 4.06. The Morgan fingerprint density at radius 1 is 1.29 bits per heavy atom. The molecule has 0 unspecified atom stereocenters. The minimum Gasteiger partial charge on any atom is -0.380 e. The number of hydrogen-bond donors (Lipinski definition) is 2. The third-order valence-corrected chi connectivity index (χ3v) is 4.32. The maximum atomic E-state index is 13.7. The number of rotatable bonds is 10. The molecule has 1 aromatic carbocycles. The van der Waals surface area contributed by atoms with Gasteiger partial charge >= 0.3 is 0 Å². The van der Waals surface area contributed by atoms with Crippen molar-refractivity contribution in [3.05, 3.63) is 29.6 Å². The summed E-state index contributed by atoms with van der Waals surface area (Å²) in [5.41, 5.74) is 0.707. The van der Waals surface area contributed by atoms with E-state index in [-0.39, 0.29) is 18.0 Å². The zero-order valence-corrected chi connectivity index (χ0v) is 13.3. The van der Waals surface area contributed by atoms with Crippen LogP contribution in [0.15, 0.2) is 23.1 Å². The number of halogens is 1. The van der Waals surface area contributed by atoms with Crippen LogP contribution in [0.4, 0.5) is 4.39 Å². The Morgan fingerprint density at radius 3 is 2.71 bits per heavy atom. The molecule has 0 heterocycles. The number of nitrogens with one attached hydrogen (secondary N) is 2. The Balaban J connectivity index is 2.63. The van der Waals surface area contributed by atoms with Crippen LogP contribution in [-0.4, -0.2) is 35.2 Å². The molecule has 0 aliphatic heterocycles. The van der Waals surface area contributed by atoms with E-state index < -0.39 is 15.8 Å². The van der Waals surface area contributed by atoms with Gasteiger partial charge in [-0.3, -0.25) is 0 Å². The summed E-state index contributed by atoms with van der Waals surface area (Å²) in [7, 11) is -2.12. The number of ether oxygens (including phenoxy) is 1. The van der Waals surface area contributed by atoms with Gasteiger partial charge in [-0.1, -0.05) is 19.4 Å². The molecule has 0 spiro atoms. The second kappa shape index (κ2) is 9.09. The summed E-state index contributed by atoms with van der Waals surface area (Å²) in [4.78, 5) is -0.330. The van der Waals surface area contributed by atoms with E-state index in [2.05, 4.69) is 10.0 Å². The van der Waals surface area contributed by atoms with E-state index in [1.54, 1.807) is 13.1 Å². The molecule has 0 radical (unpaired) electrons. The van der Waals surface area contributed by atoms with Crippen molar-refractivity contribution >= 4 is 10.0 Å². The fraction of sp³-hybridized carbons (Fsp3) is 0.571. The van der Waals surface area contributed by atoms with Crippen LogP contribution in [0.5, 0.6) is 0 Å². The molecule has 21 heavy (non-hydrogen) atoms. The van der Waals surface area contributed by atoms with Crippen molar-refractivity contribution in [1.82, 2.24) is 10.0 Å². The largest absolute Gasteiger partial charge is 0.380 e. The Bertz CT molecular complexity index is 535. The Morgan fingerprint density at radius 2 is 2.05 bits per heavy atom. The van der Waals surface area contributed by atoms with Crippen molar-refractivity contribution in [3.63, 3.8) is 0 Å². The molecule has 1 aromatic rings. The highest BCUT2D eigenvalue weighted by Crippen LogP contribution is 2.16. The van der Waals surface area contributed by atoms with Crippen LogP contribution in [0.25, 0.3) is 0 Å². The first-order chi connectivity index (χ1) is 10.0. The highest BCUT2D eigenvalue weighted by molar-refractivity contribution is 7.89. The van der Waals surface area contributed by atoms with Crippen molar-refractivity contribution < 1.29 is 17.5 Å². The van der Waals surface area contributed by atoms with Gasteiger partial charge in [-0.2, -0.15) is 0 Å². The molecule has 2 N–H and O–H groups in total. The normalized spacial score (nSPS) is 11.8. The summed E-state index contributed by atoms with van der Waals surface area (Å²) in [5, 5.41) is 2.90. The molecule has 0 aliphatic carbocycles. The average Bonchev–Trinajstić information content (AvgIpc) is 2.45. The van der Waals surface area contributed by atoms with Gasteiger partial charge in [0, 0.05) is 19.7 Å². The van der Waals surface area contributed by atoms with Gasteiger partial charge in [0.05, 0.1) is 6.61 Å². The minimum atomic E-state index is -3.86. The lowest BCUT2D eigenvalue weighted by Crippen LogP contribution is -2.28. The molecule has 0 aromatic heterocycles. The zero-order valence-electron chi connectivity index (χ0n) is 12.5. The van der Waals surface area contributed by atoms with E-state index in [9.17, 15) is 12.8 Å². The van der Waals surface area contributed by atoms with Gasteiger partial charge in [0.1, 0.15) is 10.7 Å². The van der Waals surface area contributed by atoms with E-state index in [1.165, 1.54) is 12.1 Å². The molecule has 1 rings (SSSR count). The maximum absolute atomic E-state index is 13.7. The first kappa shape index (κ1) is 18.0. The molecule has 120 valence electrons. The molecule has 0 atom stereocenters. The van der Waals surface area contributed by atoms with Crippen molar-refractivity contribution in [1.29, 1.82) is 0 Å². The van der Waals surface area contributed by atoms with E-state index >= 15 is 0 Å². The molecule has 0 amide bonds. The van der Waals surface area contributed by atoms with E-state index in [4.69, 9.17) is 4.74 Å². The topological polar surface area (TPSA) is 67.4 Å². The molecule has 7 heteroatoms. The van der Waals surface area contributed by atoms with Gasteiger partial charge in [-0.15, -0.1) is 0 Å². The number of sulfonamides is 1. The minimum absolute atomic E-state index is 0.127. The Hall–Kier alpha value is -1.02. The van der Waals surface area contributed by atoms with Crippen LogP contribution < -0.4 is 10.0 Å². The monoisotopic (exact) mass is 318 g/mol. The average molecular weight is 318 g/mol. The molecule has 0 bridgehead atoms. The quantitative estimate of drug-likeness (QED) is 0.644. The summed E-state index contributed by atoms with van der Waals surface area (Å²) in [5.74, 6) is -0.755. The third kappa shape index (κ3) is 6.09. The van der Waals surface area contributed by atoms with Crippen LogP contribution >= 0.6 is 0 Å². The highest BCUT2D eigenvalue weighted by Gasteiger charge is 2.19. The zero-order chi connectivity index (χ0) is 15.7. The Kier molecular flexibility index (Phi) is 7.81. The van der Waals surface area contributed by atoms with Crippen LogP contribution in [-0.2, 0) is 21.3 Å². The lowest BCUT2D eigenvalue weighted by molar-refractivity contribution is 0.136. The highest BCUT2D eigenvalue weighted by atomic mass is 32.2. The SMILES string of the molecule is CCCCOCCNS(=O)(=O)c1cc(CNC)ccc1F. The Labute approximate surface area is 125 Å². The fourth-order valence-electron chi connectivity index (χ4n) is 1.74. The molecule has 0 saturated carbocycles. The first-order valence-electron chi connectivity index (χ1n) is 7.01. The summed E-state index contributed by atoms with van der Waals surface area (Å²) in [6.07, 6.45) is 1.96. The van der Waals surface area contributed by atoms with Gasteiger partial charge in [0.25, 0.3) is 0 Å². The van der Waals surface area contributed by atoms with Crippen LogP contribution in [0.1, 0.15) is 25.3 Å². The summed E-state index contributed by atoms with van der Waals surface area (Å²) >= 11 is 0. The van der Waals surface area contributed by atoms with Crippen LogP contribution in [0.3, 0.4) is 0 Å². The number of unbranched alkanes of at least 4 members (excludes halogenated alkanes) is 1. The second-order valence-corrected chi connectivity index (χ2v) is 6.39. The van der Waals surface area contributed by atoms with Gasteiger partial charge in [0.2, 0.25) is 10.0 Å². The maximum Gasteiger partial charge on any atom is 0.243 e. The summed E-state index contributed by atoms with van der Waals surface area (Å²) in [6.45, 7) is 3.53. The molecular formula is C14H23FN2O3S. The van der Waals surface area contributed by atoms with Gasteiger partial charge in [0.15, 0.2) is 0 Å². The predicted molar refractivity (Wildman–Crippen MR) is 80.1 cm³/mol. The lowest BCUT2D eigenvalue weighted by atomic mass is 10.2. The number of benzene rings is 1. The number of hydrogen-bond acceptors (Lipinski definition) is 4. The molecule has 0 aliphatic rings. The molecule has 0 saturated heterocycles. The standard InChI is InChI=1S/C14H23FN2O3S/c1-3-4-8-20-9-7-17-21(18,19)14-10-12(11-16-2)5-6-13(14)15/h5-6,10,16-17H,3-4,7-9,11H2,1-2H3. The smallest absolute Gasteiger partial charge is 0.243 e. The summed E-state index contributed by atoms with van der Waals surface area (Å²) < 4.78 is 45.5. The van der Waals surface area contributed by atoms with E-state index in [1.807, 2.05) is 6.92 Å². The van der Waals surface area contributed by atoms with Gasteiger partial charge in [-0.05, 0) is 31.2 Å². The first-order valence-corrected chi connectivity index (χ1v) is 8.50. The van der Waals surface area contributed by atoms with E-state index in [0.29, 0.717) is 18.7 Å². The van der Waals surface area contributed by atoms with Crippen molar-refractivity contribution in [3.8, 4) is 0 Å². The second-order valence-electron chi connectivity index (χ2n) is 4.66. The van der Waals surface area contributed by atoms with Crippen LogP contribution in [0.2, 0.25) is 0 Å². The van der Waals surface area contributed by atoms with Crippen molar-refractivity contribution in [2.75, 3.05) is 26.8 Å². The van der Waals surface area contributed by atoms with Gasteiger partial charge in [-0.25, -0.2) is 17.5 Å². The molecular weight excluding hydrogens is 295 g/mol. The van der Waals surface area contributed by atoms with Gasteiger partial charge < -0.3 is 10.1 Å². The van der Waals surface area contributed by atoms with E-state index in [0.717, 1.165) is 12.8 Å². The lowest BCUT2D eigenvalue weighted by Gasteiger charge is -2.10. The van der Waals surface area contributed by atoms with Crippen molar-refractivity contribution in [2.45, 2.75) is 31.2 Å². The van der Waals surface area contributed by atoms with Crippen molar-refractivity contribution in [2.24, 2.45) is 0 Å². The van der Waals surface area contributed by atoms with Crippen LogP contribution in [0, 0.1) is 5.82 Å².